The lowest BCUT2D eigenvalue weighted by molar-refractivity contribution is 0.131. The smallest absolute Gasteiger partial charge is 0.0661 e. The minimum Gasteiger partial charge on any atom is -0.379 e. The third-order valence-electron chi connectivity index (χ3n) is 4.66. The molecule has 0 spiro atoms. The Morgan fingerprint density at radius 3 is 1.96 bits per heavy atom. The molecule has 1 saturated heterocycles. The maximum Gasteiger partial charge on any atom is 0.0661 e. The second-order valence-corrected chi connectivity index (χ2v) is 6.45. The van der Waals surface area contributed by atoms with Crippen LogP contribution in [0.4, 0.5) is 0 Å². The van der Waals surface area contributed by atoms with Gasteiger partial charge in [0.2, 0.25) is 0 Å². The van der Waals surface area contributed by atoms with Crippen LogP contribution < -0.4 is 5.32 Å². The van der Waals surface area contributed by atoms with E-state index in [9.17, 15) is 0 Å². The molecule has 1 fully saturated rings. The first-order valence-corrected chi connectivity index (χ1v) is 8.37. The fourth-order valence-electron chi connectivity index (χ4n) is 3.29. The van der Waals surface area contributed by atoms with E-state index in [4.69, 9.17) is 4.74 Å². The molecule has 1 N–H and O–H groups in total. The van der Waals surface area contributed by atoms with Crippen LogP contribution in [0.25, 0.3) is 0 Å². The van der Waals surface area contributed by atoms with Gasteiger partial charge in [-0.05, 0) is 24.6 Å². The summed E-state index contributed by atoms with van der Waals surface area (Å²) in [7, 11) is 2.05. The summed E-state index contributed by atoms with van der Waals surface area (Å²) in [5, 5.41) is 3.51. The standard InChI is InChI=1S/C20H26N2O/c1-21-20(12-13-23-17-20)16-22(14-18-8-4-2-5-9-18)15-19-10-6-3-7-11-19/h2-11,21H,12-17H2,1H3. The zero-order valence-corrected chi connectivity index (χ0v) is 13.9. The Morgan fingerprint density at radius 2 is 1.52 bits per heavy atom. The molecule has 0 aliphatic carbocycles. The first-order valence-electron chi connectivity index (χ1n) is 8.37. The van der Waals surface area contributed by atoms with Gasteiger partial charge in [0.05, 0.1) is 12.1 Å². The number of nitrogens with zero attached hydrogens (tertiary/aromatic N) is 1. The first-order chi connectivity index (χ1) is 11.3. The van der Waals surface area contributed by atoms with Gasteiger partial charge in [0.25, 0.3) is 0 Å². The van der Waals surface area contributed by atoms with Gasteiger partial charge >= 0.3 is 0 Å². The normalized spacial score (nSPS) is 21.0. The molecule has 0 amide bonds. The molecular formula is C20H26N2O. The zero-order valence-electron chi connectivity index (χ0n) is 13.9. The average Bonchev–Trinajstić information content (AvgIpc) is 3.06. The first kappa shape index (κ1) is 16.2. The second kappa shape index (κ2) is 7.73. The Kier molecular flexibility index (Phi) is 5.44. The lowest BCUT2D eigenvalue weighted by Crippen LogP contribution is -2.52. The Balaban J connectivity index is 1.75. The Hall–Kier alpha value is -1.68. The van der Waals surface area contributed by atoms with E-state index >= 15 is 0 Å². The summed E-state index contributed by atoms with van der Waals surface area (Å²) in [5.74, 6) is 0. The minimum atomic E-state index is 0.0730. The fourth-order valence-corrected chi connectivity index (χ4v) is 3.29. The molecule has 1 heterocycles. The molecule has 3 nitrogen and oxygen atoms in total. The number of hydrogen-bond donors (Lipinski definition) is 1. The highest BCUT2D eigenvalue weighted by Crippen LogP contribution is 2.22. The maximum absolute atomic E-state index is 5.66. The van der Waals surface area contributed by atoms with Crippen molar-refractivity contribution >= 4 is 0 Å². The highest BCUT2D eigenvalue weighted by atomic mass is 16.5. The van der Waals surface area contributed by atoms with Gasteiger partial charge in [-0.25, -0.2) is 0 Å². The van der Waals surface area contributed by atoms with Crippen LogP contribution in [0.1, 0.15) is 17.5 Å². The van der Waals surface area contributed by atoms with Crippen molar-refractivity contribution < 1.29 is 4.74 Å². The second-order valence-electron chi connectivity index (χ2n) is 6.45. The number of likely N-dealkylation sites (N-methyl/N-ethyl adjacent to an activating group) is 1. The van der Waals surface area contributed by atoms with E-state index in [1.54, 1.807) is 0 Å². The summed E-state index contributed by atoms with van der Waals surface area (Å²) in [6.45, 7) is 4.56. The minimum absolute atomic E-state index is 0.0730. The molecule has 23 heavy (non-hydrogen) atoms. The summed E-state index contributed by atoms with van der Waals surface area (Å²) in [6, 6.07) is 21.4. The van der Waals surface area contributed by atoms with Crippen molar-refractivity contribution in [3.05, 3.63) is 71.8 Å². The Morgan fingerprint density at radius 1 is 0.957 bits per heavy atom. The van der Waals surface area contributed by atoms with Crippen molar-refractivity contribution in [2.75, 3.05) is 26.8 Å². The summed E-state index contributed by atoms with van der Waals surface area (Å²) in [6.07, 6.45) is 1.07. The molecule has 2 aromatic rings. The van der Waals surface area contributed by atoms with Crippen molar-refractivity contribution in [1.82, 2.24) is 10.2 Å². The third kappa shape index (κ3) is 4.41. The molecule has 1 aliphatic heterocycles. The molecule has 3 rings (SSSR count). The van der Waals surface area contributed by atoms with E-state index in [1.807, 2.05) is 0 Å². The largest absolute Gasteiger partial charge is 0.379 e. The van der Waals surface area contributed by atoms with Gasteiger partial charge in [-0.1, -0.05) is 60.7 Å². The molecule has 1 atom stereocenters. The van der Waals surface area contributed by atoms with E-state index in [0.29, 0.717) is 0 Å². The van der Waals surface area contributed by atoms with Crippen molar-refractivity contribution in [2.24, 2.45) is 0 Å². The monoisotopic (exact) mass is 310 g/mol. The molecule has 1 aliphatic rings. The summed E-state index contributed by atoms with van der Waals surface area (Å²) in [5.41, 5.74) is 2.78. The summed E-state index contributed by atoms with van der Waals surface area (Å²) in [4.78, 5) is 2.52. The average molecular weight is 310 g/mol. The molecule has 2 aromatic carbocycles. The summed E-state index contributed by atoms with van der Waals surface area (Å²) < 4.78 is 5.66. The molecular weight excluding hydrogens is 284 g/mol. The number of rotatable bonds is 7. The third-order valence-corrected chi connectivity index (χ3v) is 4.66. The van der Waals surface area contributed by atoms with E-state index in [2.05, 4.69) is 77.9 Å². The lowest BCUT2D eigenvalue weighted by Gasteiger charge is -2.34. The van der Waals surface area contributed by atoms with Gasteiger partial charge in [0, 0.05) is 26.2 Å². The fraction of sp³-hybridized carbons (Fsp3) is 0.400. The van der Waals surface area contributed by atoms with Crippen LogP contribution in [-0.2, 0) is 17.8 Å². The van der Waals surface area contributed by atoms with Crippen molar-refractivity contribution in [2.45, 2.75) is 25.0 Å². The van der Waals surface area contributed by atoms with Gasteiger partial charge < -0.3 is 10.1 Å². The van der Waals surface area contributed by atoms with Crippen LogP contribution in [0.5, 0.6) is 0 Å². The predicted octanol–water partition coefficient (Wildman–Crippen LogP) is 3.07. The highest BCUT2D eigenvalue weighted by molar-refractivity contribution is 5.17. The Bertz CT molecular complexity index is 538. The number of benzene rings is 2. The number of nitrogens with one attached hydrogen (secondary N) is 1. The van der Waals surface area contributed by atoms with Gasteiger partial charge in [-0.3, -0.25) is 4.90 Å². The highest BCUT2D eigenvalue weighted by Gasteiger charge is 2.35. The van der Waals surface area contributed by atoms with Crippen molar-refractivity contribution in [1.29, 1.82) is 0 Å². The predicted molar refractivity (Wildman–Crippen MR) is 94.2 cm³/mol. The van der Waals surface area contributed by atoms with Crippen molar-refractivity contribution in [3.8, 4) is 0 Å². The zero-order chi connectivity index (χ0) is 16.0. The van der Waals surface area contributed by atoms with Gasteiger partial charge in [0.15, 0.2) is 0 Å². The van der Waals surface area contributed by atoms with Crippen LogP contribution in [-0.4, -0.2) is 37.2 Å². The van der Waals surface area contributed by atoms with Crippen LogP contribution in [0.2, 0.25) is 0 Å². The molecule has 122 valence electrons. The van der Waals surface area contributed by atoms with E-state index < -0.39 is 0 Å². The van der Waals surface area contributed by atoms with Gasteiger partial charge in [-0.2, -0.15) is 0 Å². The molecule has 0 saturated carbocycles. The molecule has 0 radical (unpaired) electrons. The SMILES string of the molecule is CNC1(CN(Cc2ccccc2)Cc2ccccc2)CCOC1. The Labute approximate surface area is 139 Å². The quantitative estimate of drug-likeness (QED) is 0.850. The van der Waals surface area contributed by atoms with E-state index in [-0.39, 0.29) is 5.54 Å². The number of hydrogen-bond acceptors (Lipinski definition) is 3. The van der Waals surface area contributed by atoms with Crippen LogP contribution >= 0.6 is 0 Å². The van der Waals surface area contributed by atoms with E-state index in [1.165, 1.54) is 11.1 Å². The molecule has 1 unspecified atom stereocenters. The van der Waals surface area contributed by atoms with Crippen LogP contribution in [0.3, 0.4) is 0 Å². The van der Waals surface area contributed by atoms with Gasteiger partial charge in [0.1, 0.15) is 0 Å². The van der Waals surface area contributed by atoms with Gasteiger partial charge in [-0.15, -0.1) is 0 Å². The summed E-state index contributed by atoms with van der Waals surface area (Å²) >= 11 is 0. The molecule has 0 aromatic heterocycles. The van der Waals surface area contributed by atoms with Crippen LogP contribution in [0.15, 0.2) is 60.7 Å². The topological polar surface area (TPSA) is 24.5 Å². The number of ether oxygens (including phenoxy) is 1. The van der Waals surface area contributed by atoms with Crippen LogP contribution in [0, 0.1) is 0 Å². The van der Waals surface area contributed by atoms with E-state index in [0.717, 1.165) is 39.3 Å². The van der Waals surface area contributed by atoms with Crippen molar-refractivity contribution in [3.63, 3.8) is 0 Å². The maximum atomic E-state index is 5.66. The molecule has 3 heteroatoms. The lowest BCUT2D eigenvalue weighted by atomic mass is 9.97. The molecule has 0 bridgehead atoms.